The number of rotatable bonds is 4. The summed E-state index contributed by atoms with van der Waals surface area (Å²) in [7, 11) is 0. The number of nitrogens with zero attached hydrogens (tertiary/aromatic N) is 1. The van der Waals surface area contributed by atoms with Gasteiger partial charge in [0.05, 0.1) is 22.4 Å². The fourth-order valence-electron chi connectivity index (χ4n) is 1.45. The third-order valence-corrected chi connectivity index (χ3v) is 3.03. The van der Waals surface area contributed by atoms with Crippen LogP contribution in [0.2, 0.25) is 0 Å². The van der Waals surface area contributed by atoms with E-state index in [2.05, 4.69) is 15.9 Å². The average molecular weight is 302 g/mol. The molecule has 0 aromatic heterocycles. The molecule has 1 aromatic rings. The highest BCUT2D eigenvalue weighted by Crippen LogP contribution is 2.30. The topological polar surface area (TPSA) is 69.4 Å². The summed E-state index contributed by atoms with van der Waals surface area (Å²) in [6.07, 6.45) is 0.0247. The first kappa shape index (κ1) is 13.6. The lowest BCUT2D eigenvalue weighted by atomic mass is 10.1. The van der Waals surface area contributed by atoms with Crippen LogP contribution in [-0.2, 0) is 16.0 Å². The minimum absolute atomic E-state index is 0.0247. The molecule has 5 nitrogen and oxygen atoms in total. The normalized spacial score (nSPS) is 10.1. The van der Waals surface area contributed by atoms with Crippen molar-refractivity contribution in [3.05, 3.63) is 37.8 Å². The molecule has 6 heteroatoms. The van der Waals surface area contributed by atoms with Gasteiger partial charge in [-0.1, -0.05) is 6.07 Å². The summed E-state index contributed by atoms with van der Waals surface area (Å²) < 4.78 is 5.15. The molecule has 0 spiro atoms. The Balaban J connectivity index is 3.07. The van der Waals surface area contributed by atoms with E-state index in [9.17, 15) is 14.9 Å². The molecule has 0 N–H and O–H groups in total. The molecule has 0 saturated heterocycles. The smallest absolute Gasteiger partial charge is 0.310 e. The number of halogens is 1. The van der Waals surface area contributed by atoms with Crippen LogP contribution in [0, 0.1) is 17.0 Å². The quantitative estimate of drug-likeness (QED) is 0.487. The molecule has 0 unspecified atom stereocenters. The van der Waals surface area contributed by atoms with Crippen LogP contribution in [0.4, 0.5) is 5.69 Å². The van der Waals surface area contributed by atoms with E-state index in [4.69, 9.17) is 4.74 Å². The van der Waals surface area contributed by atoms with Gasteiger partial charge in [-0.05, 0) is 40.9 Å². The molecule has 1 aromatic carbocycles. The first-order valence-electron chi connectivity index (χ1n) is 5.04. The van der Waals surface area contributed by atoms with Crippen LogP contribution >= 0.6 is 15.9 Å². The molecule has 17 heavy (non-hydrogen) atoms. The number of benzene rings is 1. The lowest BCUT2D eigenvalue weighted by Crippen LogP contribution is -2.08. The van der Waals surface area contributed by atoms with E-state index in [0.717, 1.165) is 5.56 Å². The Kier molecular flexibility index (Phi) is 4.62. The highest BCUT2D eigenvalue weighted by Gasteiger charge is 2.18. The minimum Gasteiger partial charge on any atom is -0.466 e. The summed E-state index contributed by atoms with van der Waals surface area (Å²) >= 11 is 3.15. The minimum atomic E-state index is -0.480. The number of nitro benzene ring substituents is 1. The van der Waals surface area contributed by atoms with Gasteiger partial charge in [0.25, 0.3) is 5.69 Å². The number of aryl methyl sites for hydroxylation is 1. The monoisotopic (exact) mass is 301 g/mol. The molecule has 92 valence electrons. The Morgan fingerprint density at radius 2 is 2.18 bits per heavy atom. The Hall–Kier alpha value is -1.43. The van der Waals surface area contributed by atoms with Crippen LogP contribution in [0.15, 0.2) is 16.6 Å². The molecule has 0 amide bonds. The number of hydrogen-bond acceptors (Lipinski definition) is 4. The van der Waals surface area contributed by atoms with Crippen LogP contribution in [0.1, 0.15) is 18.1 Å². The van der Waals surface area contributed by atoms with Gasteiger partial charge in [0.2, 0.25) is 0 Å². The van der Waals surface area contributed by atoms with Crippen molar-refractivity contribution < 1.29 is 14.5 Å². The van der Waals surface area contributed by atoms with E-state index < -0.39 is 10.9 Å². The molecule has 0 atom stereocenters. The second-order valence-electron chi connectivity index (χ2n) is 3.50. The second kappa shape index (κ2) is 5.77. The fourth-order valence-corrected chi connectivity index (χ4v) is 1.97. The van der Waals surface area contributed by atoms with Crippen LogP contribution in [0.5, 0.6) is 0 Å². The van der Waals surface area contributed by atoms with E-state index in [0.29, 0.717) is 16.6 Å². The maximum absolute atomic E-state index is 11.3. The van der Waals surface area contributed by atoms with Crippen molar-refractivity contribution in [2.45, 2.75) is 20.3 Å². The summed E-state index contributed by atoms with van der Waals surface area (Å²) in [6, 6.07) is 3.19. The molecule has 0 aliphatic rings. The molecule has 0 saturated carbocycles. The summed E-state index contributed by atoms with van der Waals surface area (Å²) in [5.41, 5.74) is 1.26. The van der Waals surface area contributed by atoms with Crippen molar-refractivity contribution >= 4 is 27.6 Å². The number of carbonyl (C=O) groups excluding carboxylic acids is 1. The van der Waals surface area contributed by atoms with Crippen LogP contribution < -0.4 is 0 Å². The van der Waals surface area contributed by atoms with Gasteiger partial charge in [-0.15, -0.1) is 0 Å². The largest absolute Gasteiger partial charge is 0.466 e. The number of ether oxygens (including phenoxy) is 1. The Morgan fingerprint density at radius 1 is 1.53 bits per heavy atom. The highest BCUT2D eigenvalue weighted by atomic mass is 79.9. The summed E-state index contributed by atoms with van der Waals surface area (Å²) in [5.74, 6) is -0.395. The lowest BCUT2D eigenvalue weighted by molar-refractivity contribution is -0.385. The van der Waals surface area contributed by atoms with E-state index >= 15 is 0 Å². The Labute approximate surface area is 107 Å². The fraction of sp³-hybridized carbons (Fsp3) is 0.364. The third-order valence-electron chi connectivity index (χ3n) is 2.11. The van der Waals surface area contributed by atoms with Gasteiger partial charge >= 0.3 is 5.97 Å². The van der Waals surface area contributed by atoms with E-state index in [-0.39, 0.29) is 12.1 Å². The summed E-state index contributed by atoms with van der Waals surface area (Å²) in [5, 5.41) is 10.8. The predicted octanol–water partition coefficient (Wildman–Crippen LogP) is 2.77. The first-order valence-corrected chi connectivity index (χ1v) is 5.84. The number of nitro groups is 1. The molecule has 1 rings (SSSR count). The van der Waals surface area contributed by atoms with Gasteiger partial charge in [-0.2, -0.15) is 0 Å². The molecule has 0 aliphatic heterocycles. The van der Waals surface area contributed by atoms with Crippen molar-refractivity contribution in [2.24, 2.45) is 0 Å². The van der Waals surface area contributed by atoms with Gasteiger partial charge in [0.15, 0.2) is 0 Å². The van der Waals surface area contributed by atoms with Crippen molar-refractivity contribution in [3.63, 3.8) is 0 Å². The molecular formula is C11H12BrNO4. The zero-order valence-electron chi connectivity index (χ0n) is 9.53. The first-order chi connectivity index (χ1) is 7.95. The second-order valence-corrected chi connectivity index (χ2v) is 4.29. The van der Waals surface area contributed by atoms with Gasteiger partial charge < -0.3 is 4.74 Å². The van der Waals surface area contributed by atoms with Crippen molar-refractivity contribution in [1.29, 1.82) is 0 Å². The molecule has 0 heterocycles. The van der Waals surface area contributed by atoms with Crippen LogP contribution in [0.3, 0.4) is 0 Å². The SMILES string of the molecule is CCOC(=O)Cc1cc(C)cc([N+](=O)[O-])c1Br. The zero-order chi connectivity index (χ0) is 13.0. The molecule has 0 bridgehead atoms. The van der Waals surface area contributed by atoms with Crippen molar-refractivity contribution in [2.75, 3.05) is 6.61 Å². The van der Waals surface area contributed by atoms with Gasteiger partial charge in [0, 0.05) is 6.07 Å². The maximum Gasteiger partial charge on any atom is 0.310 e. The average Bonchev–Trinajstić information content (AvgIpc) is 2.22. The zero-order valence-corrected chi connectivity index (χ0v) is 11.1. The van der Waals surface area contributed by atoms with E-state index in [1.54, 1.807) is 19.9 Å². The molecule has 0 fully saturated rings. The van der Waals surface area contributed by atoms with Gasteiger partial charge in [-0.3, -0.25) is 14.9 Å². The number of esters is 1. The van der Waals surface area contributed by atoms with Gasteiger partial charge in [-0.25, -0.2) is 0 Å². The summed E-state index contributed by atoms with van der Waals surface area (Å²) in [6.45, 7) is 3.75. The third kappa shape index (κ3) is 3.52. The summed E-state index contributed by atoms with van der Waals surface area (Å²) in [4.78, 5) is 21.7. The number of hydrogen-bond donors (Lipinski definition) is 0. The lowest BCUT2D eigenvalue weighted by Gasteiger charge is -2.06. The Bertz CT molecular complexity index is 459. The van der Waals surface area contributed by atoms with Crippen molar-refractivity contribution in [3.8, 4) is 0 Å². The standard InChI is InChI=1S/C11H12BrNO4/c1-3-17-10(14)6-8-4-7(2)5-9(11(8)12)13(15)16/h4-5H,3,6H2,1-2H3. The number of carbonyl (C=O) groups is 1. The molecular weight excluding hydrogens is 290 g/mol. The predicted molar refractivity (Wildman–Crippen MR) is 65.9 cm³/mol. The maximum atomic E-state index is 11.3. The van der Waals surface area contributed by atoms with Crippen LogP contribution in [-0.4, -0.2) is 17.5 Å². The van der Waals surface area contributed by atoms with E-state index in [1.807, 2.05) is 0 Å². The Morgan fingerprint density at radius 3 is 2.71 bits per heavy atom. The van der Waals surface area contributed by atoms with E-state index in [1.165, 1.54) is 6.07 Å². The molecule has 0 aliphatic carbocycles. The van der Waals surface area contributed by atoms with Crippen molar-refractivity contribution in [1.82, 2.24) is 0 Å². The molecule has 0 radical (unpaired) electrons. The van der Waals surface area contributed by atoms with Crippen LogP contribution in [0.25, 0.3) is 0 Å². The van der Waals surface area contributed by atoms with Gasteiger partial charge in [0.1, 0.15) is 0 Å². The highest BCUT2D eigenvalue weighted by molar-refractivity contribution is 9.10.